The number of aromatic amines is 1. The molecule has 1 saturated heterocycles. The molecule has 7 heteroatoms. The molecule has 2 amide bonds. The van der Waals surface area contributed by atoms with Crippen LogP contribution in [0.25, 0.3) is 10.9 Å². The Morgan fingerprint density at radius 3 is 2.62 bits per heavy atom. The Hall–Kier alpha value is -2.73. The predicted molar refractivity (Wildman–Crippen MR) is 98.2 cm³/mol. The second-order valence-corrected chi connectivity index (χ2v) is 6.77. The van der Waals surface area contributed by atoms with Crippen molar-refractivity contribution in [2.45, 2.75) is 6.42 Å². The van der Waals surface area contributed by atoms with Crippen molar-refractivity contribution < 1.29 is 14.0 Å². The van der Waals surface area contributed by atoms with E-state index in [1.165, 1.54) is 6.26 Å². The average Bonchev–Trinajstić information content (AvgIpc) is 3.32. The molecule has 0 saturated carbocycles. The number of piperazine rings is 1. The zero-order chi connectivity index (χ0) is 18.1. The molecule has 6 nitrogen and oxygen atoms in total. The van der Waals surface area contributed by atoms with Crippen LogP contribution in [-0.4, -0.2) is 52.8 Å². The Kier molecular flexibility index (Phi) is 4.42. The molecular formula is C19H18ClN3O3. The first-order valence-electron chi connectivity index (χ1n) is 8.48. The van der Waals surface area contributed by atoms with E-state index in [0.717, 1.165) is 16.5 Å². The first kappa shape index (κ1) is 16.7. The molecule has 0 radical (unpaired) electrons. The minimum absolute atomic E-state index is 0.0518. The van der Waals surface area contributed by atoms with Crippen LogP contribution in [0.2, 0.25) is 5.02 Å². The fourth-order valence-electron chi connectivity index (χ4n) is 3.29. The van der Waals surface area contributed by atoms with Crippen LogP contribution in [0.4, 0.5) is 0 Å². The molecule has 1 aliphatic heterocycles. The van der Waals surface area contributed by atoms with Gasteiger partial charge >= 0.3 is 0 Å². The number of benzene rings is 1. The molecule has 1 aromatic carbocycles. The molecule has 2 aromatic heterocycles. The lowest BCUT2D eigenvalue weighted by molar-refractivity contribution is -0.131. The van der Waals surface area contributed by atoms with Gasteiger partial charge < -0.3 is 19.2 Å². The molecule has 0 aliphatic carbocycles. The molecule has 1 fully saturated rings. The summed E-state index contributed by atoms with van der Waals surface area (Å²) in [6.45, 7) is 2.05. The molecule has 3 aromatic rings. The van der Waals surface area contributed by atoms with E-state index >= 15 is 0 Å². The van der Waals surface area contributed by atoms with Crippen molar-refractivity contribution in [1.29, 1.82) is 0 Å². The van der Waals surface area contributed by atoms with Gasteiger partial charge in [0.25, 0.3) is 5.91 Å². The van der Waals surface area contributed by atoms with Crippen LogP contribution in [-0.2, 0) is 11.2 Å². The number of carbonyl (C=O) groups excluding carboxylic acids is 2. The normalized spacial score (nSPS) is 14.8. The summed E-state index contributed by atoms with van der Waals surface area (Å²) in [5.41, 5.74) is 1.90. The molecule has 1 N–H and O–H groups in total. The van der Waals surface area contributed by atoms with Crippen molar-refractivity contribution in [2.24, 2.45) is 0 Å². The minimum atomic E-state index is -0.131. The highest BCUT2D eigenvalue weighted by atomic mass is 35.5. The van der Waals surface area contributed by atoms with Crippen LogP contribution < -0.4 is 0 Å². The monoisotopic (exact) mass is 371 g/mol. The van der Waals surface area contributed by atoms with Gasteiger partial charge in [-0.2, -0.15) is 0 Å². The number of halogens is 1. The molecule has 0 spiro atoms. The number of carbonyl (C=O) groups is 2. The second kappa shape index (κ2) is 6.88. The summed E-state index contributed by atoms with van der Waals surface area (Å²) in [6.07, 6.45) is 3.66. The Morgan fingerprint density at radius 1 is 1.12 bits per heavy atom. The van der Waals surface area contributed by atoms with Crippen molar-refractivity contribution in [3.8, 4) is 0 Å². The lowest BCUT2D eigenvalue weighted by Crippen LogP contribution is -2.50. The number of hydrogen-bond acceptors (Lipinski definition) is 3. The lowest BCUT2D eigenvalue weighted by Gasteiger charge is -2.34. The molecular weight excluding hydrogens is 354 g/mol. The molecule has 0 atom stereocenters. The summed E-state index contributed by atoms with van der Waals surface area (Å²) in [5, 5.41) is 1.62. The molecule has 3 heterocycles. The smallest absolute Gasteiger partial charge is 0.289 e. The molecule has 0 unspecified atom stereocenters. The zero-order valence-corrected chi connectivity index (χ0v) is 14.8. The van der Waals surface area contributed by atoms with Gasteiger partial charge in [-0.05, 0) is 35.9 Å². The van der Waals surface area contributed by atoms with E-state index < -0.39 is 0 Å². The largest absolute Gasteiger partial charge is 0.459 e. The van der Waals surface area contributed by atoms with Crippen molar-refractivity contribution in [2.75, 3.05) is 26.2 Å². The van der Waals surface area contributed by atoms with Gasteiger partial charge in [0.1, 0.15) is 0 Å². The number of H-pyrrole nitrogens is 1. The second-order valence-electron chi connectivity index (χ2n) is 6.33. The van der Waals surface area contributed by atoms with E-state index in [9.17, 15) is 9.59 Å². The first-order chi connectivity index (χ1) is 12.6. The molecule has 134 valence electrons. The third-order valence-electron chi connectivity index (χ3n) is 4.72. The van der Waals surface area contributed by atoms with Crippen LogP contribution in [0.5, 0.6) is 0 Å². The number of nitrogens with zero attached hydrogens (tertiary/aromatic N) is 2. The fourth-order valence-corrected chi connectivity index (χ4v) is 3.46. The van der Waals surface area contributed by atoms with Gasteiger partial charge in [-0.15, -0.1) is 0 Å². The molecule has 4 rings (SSSR count). The predicted octanol–water partition coefficient (Wildman–Crippen LogP) is 2.94. The SMILES string of the molecule is O=C(Cc1c[nH]c2ccc(Cl)cc12)N1CCN(C(=O)c2ccco2)CC1. The van der Waals surface area contributed by atoms with Gasteiger partial charge in [-0.25, -0.2) is 0 Å². The maximum absolute atomic E-state index is 12.7. The van der Waals surface area contributed by atoms with Crippen molar-refractivity contribution >= 4 is 34.3 Å². The number of nitrogens with one attached hydrogen (secondary N) is 1. The van der Waals surface area contributed by atoms with Gasteiger partial charge in [-0.1, -0.05) is 11.6 Å². The number of amides is 2. The van der Waals surface area contributed by atoms with E-state index in [0.29, 0.717) is 43.4 Å². The summed E-state index contributed by atoms with van der Waals surface area (Å²) in [7, 11) is 0. The third kappa shape index (κ3) is 3.20. The summed E-state index contributed by atoms with van der Waals surface area (Å²) < 4.78 is 5.16. The maximum Gasteiger partial charge on any atom is 0.289 e. The summed E-state index contributed by atoms with van der Waals surface area (Å²) >= 11 is 6.07. The van der Waals surface area contributed by atoms with Gasteiger partial charge in [0.15, 0.2) is 5.76 Å². The molecule has 1 aliphatic rings. The minimum Gasteiger partial charge on any atom is -0.459 e. The Balaban J connectivity index is 1.39. The zero-order valence-electron chi connectivity index (χ0n) is 14.1. The number of furan rings is 1. The summed E-state index contributed by atoms with van der Waals surface area (Å²) in [5.74, 6) is 0.254. The topological polar surface area (TPSA) is 69.6 Å². The van der Waals surface area contributed by atoms with E-state index in [4.69, 9.17) is 16.0 Å². The molecule has 26 heavy (non-hydrogen) atoms. The van der Waals surface area contributed by atoms with Crippen molar-refractivity contribution in [3.05, 3.63) is 59.1 Å². The van der Waals surface area contributed by atoms with Crippen molar-refractivity contribution in [1.82, 2.24) is 14.8 Å². The number of aromatic nitrogens is 1. The van der Waals surface area contributed by atoms with Gasteiger partial charge in [0.05, 0.1) is 12.7 Å². The quantitative estimate of drug-likeness (QED) is 0.769. The van der Waals surface area contributed by atoms with Gasteiger partial charge in [-0.3, -0.25) is 9.59 Å². The van der Waals surface area contributed by atoms with Crippen LogP contribution in [0.3, 0.4) is 0 Å². The number of hydrogen-bond donors (Lipinski definition) is 1. The Morgan fingerprint density at radius 2 is 1.88 bits per heavy atom. The Labute approximate surface area is 155 Å². The van der Waals surface area contributed by atoms with Crippen LogP contribution in [0.1, 0.15) is 16.1 Å². The van der Waals surface area contributed by atoms with Crippen LogP contribution in [0, 0.1) is 0 Å². The average molecular weight is 372 g/mol. The van der Waals surface area contributed by atoms with Crippen LogP contribution in [0.15, 0.2) is 47.2 Å². The first-order valence-corrected chi connectivity index (χ1v) is 8.85. The van der Waals surface area contributed by atoms with E-state index in [1.54, 1.807) is 21.9 Å². The highest BCUT2D eigenvalue weighted by molar-refractivity contribution is 6.31. The van der Waals surface area contributed by atoms with Crippen molar-refractivity contribution in [3.63, 3.8) is 0 Å². The highest BCUT2D eigenvalue weighted by Crippen LogP contribution is 2.23. The standard InChI is InChI=1S/C19H18ClN3O3/c20-14-3-4-16-15(11-14)13(12-21-16)10-18(24)22-5-7-23(8-6-22)19(25)17-2-1-9-26-17/h1-4,9,11-12,21H,5-8,10H2. The van der Waals surface area contributed by atoms with E-state index in [2.05, 4.69) is 4.98 Å². The lowest BCUT2D eigenvalue weighted by atomic mass is 10.1. The van der Waals surface area contributed by atoms with Gasteiger partial charge in [0, 0.05) is 48.3 Å². The third-order valence-corrected chi connectivity index (χ3v) is 4.96. The molecule has 0 bridgehead atoms. The van der Waals surface area contributed by atoms with E-state index in [1.807, 2.05) is 24.4 Å². The van der Waals surface area contributed by atoms with Gasteiger partial charge in [0.2, 0.25) is 5.91 Å². The Bertz CT molecular complexity index is 940. The fraction of sp³-hybridized carbons (Fsp3) is 0.263. The maximum atomic E-state index is 12.7. The number of rotatable bonds is 3. The van der Waals surface area contributed by atoms with Crippen LogP contribution >= 0.6 is 11.6 Å². The van der Waals surface area contributed by atoms with E-state index in [-0.39, 0.29) is 11.8 Å². The number of fused-ring (bicyclic) bond motifs is 1. The highest BCUT2D eigenvalue weighted by Gasteiger charge is 2.26. The summed E-state index contributed by atoms with van der Waals surface area (Å²) in [4.78, 5) is 31.6. The summed E-state index contributed by atoms with van der Waals surface area (Å²) in [6, 6.07) is 8.95.